The van der Waals surface area contributed by atoms with Crippen molar-refractivity contribution in [1.82, 2.24) is 9.55 Å². The van der Waals surface area contributed by atoms with Crippen LogP contribution in [-0.4, -0.2) is 21.1 Å². The first-order valence-electron chi connectivity index (χ1n) is 4.79. The number of hydrogen-bond acceptors (Lipinski definition) is 4. The molecule has 0 radical (unpaired) electrons. The molecule has 0 aliphatic rings. The molecule has 0 fully saturated rings. The van der Waals surface area contributed by atoms with E-state index in [2.05, 4.69) is 4.98 Å². The fourth-order valence-corrected chi connectivity index (χ4v) is 1.16. The lowest BCUT2D eigenvalue weighted by Crippen LogP contribution is -2.25. The van der Waals surface area contributed by atoms with Crippen molar-refractivity contribution in [1.29, 1.82) is 0 Å². The van der Waals surface area contributed by atoms with Crippen molar-refractivity contribution in [3.05, 3.63) is 17.7 Å². The fraction of sp³-hybridized carbons (Fsp3) is 0.600. The summed E-state index contributed by atoms with van der Waals surface area (Å²) in [6.07, 6.45) is 1.48. The van der Waals surface area contributed by atoms with E-state index in [0.717, 1.165) is 0 Å². The topological polar surface area (TPSA) is 70.1 Å². The second-order valence-corrected chi connectivity index (χ2v) is 4.32. The predicted molar refractivity (Wildman–Crippen MR) is 56.3 cm³/mol. The molecule has 2 N–H and O–H groups in total. The molecule has 0 unspecified atom stereocenters. The van der Waals surface area contributed by atoms with Gasteiger partial charge in [-0.05, 0) is 20.8 Å². The van der Waals surface area contributed by atoms with Crippen LogP contribution in [0.15, 0.2) is 6.20 Å². The van der Waals surface area contributed by atoms with E-state index in [1.165, 1.54) is 6.20 Å². The van der Waals surface area contributed by atoms with Crippen LogP contribution < -0.4 is 5.73 Å². The zero-order valence-electron chi connectivity index (χ0n) is 9.57. The van der Waals surface area contributed by atoms with E-state index in [-0.39, 0.29) is 5.97 Å². The van der Waals surface area contributed by atoms with Crippen LogP contribution in [-0.2, 0) is 18.3 Å². The molecule has 1 aromatic rings. The first-order chi connectivity index (χ1) is 6.85. The lowest BCUT2D eigenvalue weighted by atomic mass is 10.2. The quantitative estimate of drug-likeness (QED) is 0.736. The molecule has 0 saturated carbocycles. The largest absolute Gasteiger partial charge is 0.455 e. The van der Waals surface area contributed by atoms with E-state index in [4.69, 9.17) is 10.5 Å². The van der Waals surface area contributed by atoms with Gasteiger partial charge in [-0.2, -0.15) is 0 Å². The zero-order chi connectivity index (χ0) is 11.6. The molecule has 0 spiro atoms. The Labute approximate surface area is 89.2 Å². The van der Waals surface area contributed by atoms with Gasteiger partial charge < -0.3 is 15.0 Å². The SMILES string of the molecule is Cn1c(C(=O)OC(C)(C)C)cnc1CN. The third-order valence-corrected chi connectivity index (χ3v) is 1.87. The van der Waals surface area contributed by atoms with E-state index >= 15 is 0 Å². The normalized spacial score (nSPS) is 11.5. The van der Waals surface area contributed by atoms with Crippen LogP contribution in [0.2, 0.25) is 0 Å². The maximum atomic E-state index is 11.7. The smallest absolute Gasteiger partial charge is 0.357 e. The Morgan fingerprint density at radius 2 is 2.20 bits per heavy atom. The van der Waals surface area contributed by atoms with Crippen molar-refractivity contribution in [3.63, 3.8) is 0 Å². The van der Waals surface area contributed by atoms with Gasteiger partial charge in [0.2, 0.25) is 0 Å². The first kappa shape index (κ1) is 11.7. The summed E-state index contributed by atoms with van der Waals surface area (Å²) in [5, 5.41) is 0. The van der Waals surface area contributed by atoms with Gasteiger partial charge in [0.05, 0.1) is 12.7 Å². The molecule has 0 amide bonds. The number of hydrogen-bond donors (Lipinski definition) is 1. The van der Waals surface area contributed by atoms with Crippen LogP contribution in [0.4, 0.5) is 0 Å². The highest BCUT2D eigenvalue weighted by Crippen LogP contribution is 2.12. The van der Waals surface area contributed by atoms with Gasteiger partial charge in [-0.3, -0.25) is 0 Å². The Balaban J connectivity index is 2.88. The Morgan fingerprint density at radius 1 is 1.60 bits per heavy atom. The summed E-state index contributed by atoms with van der Waals surface area (Å²) < 4.78 is 6.87. The van der Waals surface area contributed by atoms with Crippen LogP contribution in [0.1, 0.15) is 37.1 Å². The molecule has 0 aromatic carbocycles. The van der Waals surface area contributed by atoms with Crippen molar-refractivity contribution in [2.75, 3.05) is 0 Å². The molecular weight excluding hydrogens is 194 g/mol. The number of aromatic nitrogens is 2. The summed E-state index contributed by atoms with van der Waals surface area (Å²) in [7, 11) is 1.74. The summed E-state index contributed by atoms with van der Waals surface area (Å²) in [5.74, 6) is 0.285. The number of nitrogens with two attached hydrogens (primary N) is 1. The number of carbonyl (C=O) groups excluding carboxylic acids is 1. The average Bonchev–Trinajstić information content (AvgIpc) is 2.43. The zero-order valence-corrected chi connectivity index (χ0v) is 9.57. The number of rotatable bonds is 2. The van der Waals surface area contributed by atoms with Gasteiger partial charge in [0, 0.05) is 7.05 Å². The number of nitrogens with zero attached hydrogens (tertiary/aromatic N) is 2. The molecule has 0 aliphatic carbocycles. The van der Waals surface area contributed by atoms with Crippen LogP contribution in [0, 0.1) is 0 Å². The van der Waals surface area contributed by atoms with Gasteiger partial charge in [-0.1, -0.05) is 0 Å². The lowest BCUT2D eigenvalue weighted by Gasteiger charge is -2.19. The number of esters is 1. The highest BCUT2D eigenvalue weighted by Gasteiger charge is 2.21. The summed E-state index contributed by atoms with van der Waals surface area (Å²) in [4.78, 5) is 15.7. The Bertz CT molecular complexity index is 363. The molecule has 0 saturated heterocycles. The number of ether oxygens (including phenoxy) is 1. The summed E-state index contributed by atoms with van der Waals surface area (Å²) in [6.45, 7) is 5.78. The molecular formula is C10H17N3O2. The van der Waals surface area contributed by atoms with E-state index in [9.17, 15) is 4.79 Å². The number of carbonyl (C=O) groups is 1. The molecule has 0 bridgehead atoms. The number of imidazole rings is 1. The standard InChI is InChI=1S/C10H17N3O2/c1-10(2,3)15-9(14)7-6-12-8(5-11)13(7)4/h6H,5,11H2,1-4H3. The Hall–Kier alpha value is -1.36. The molecule has 1 rings (SSSR count). The van der Waals surface area contributed by atoms with Crippen molar-refractivity contribution in [2.24, 2.45) is 12.8 Å². The third kappa shape index (κ3) is 2.79. The fourth-order valence-electron chi connectivity index (χ4n) is 1.16. The van der Waals surface area contributed by atoms with Gasteiger partial charge in [-0.25, -0.2) is 9.78 Å². The second-order valence-electron chi connectivity index (χ2n) is 4.32. The van der Waals surface area contributed by atoms with Crippen LogP contribution >= 0.6 is 0 Å². The Kier molecular flexibility index (Phi) is 3.14. The summed E-state index contributed by atoms with van der Waals surface area (Å²) >= 11 is 0. The highest BCUT2D eigenvalue weighted by molar-refractivity contribution is 5.87. The second kappa shape index (κ2) is 4.02. The molecule has 1 aromatic heterocycles. The summed E-state index contributed by atoms with van der Waals surface area (Å²) in [5.41, 5.74) is 5.38. The van der Waals surface area contributed by atoms with Crippen LogP contribution in [0.3, 0.4) is 0 Å². The summed E-state index contributed by atoms with van der Waals surface area (Å²) in [6, 6.07) is 0. The molecule has 1 heterocycles. The monoisotopic (exact) mass is 211 g/mol. The van der Waals surface area contributed by atoms with E-state index in [0.29, 0.717) is 18.1 Å². The van der Waals surface area contributed by atoms with Gasteiger partial charge in [0.15, 0.2) is 0 Å². The van der Waals surface area contributed by atoms with Gasteiger partial charge in [0.1, 0.15) is 17.1 Å². The van der Waals surface area contributed by atoms with Gasteiger partial charge >= 0.3 is 5.97 Å². The van der Waals surface area contributed by atoms with Crippen LogP contribution in [0.25, 0.3) is 0 Å². The average molecular weight is 211 g/mol. The van der Waals surface area contributed by atoms with Crippen molar-refractivity contribution in [2.45, 2.75) is 32.9 Å². The molecule has 15 heavy (non-hydrogen) atoms. The molecule has 0 aliphatic heterocycles. The Morgan fingerprint density at radius 3 is 2.60 bits per heavy atom. The predicted octanol–water partition coefficient (Wildman–Crippen LogP) is 0.834. The minimum atomic E-state index is -0.496. The van der Waals surface area contributed by atoms with Crippen molar-refractivity contribution >= 4 is 5.97 Å². The van der Waals surface area contributed by atoms with Gasteiger partial charge in [0.25, 0.3) is 0 Å². The van der Waals surface area contributed by atoms with E-state index in [1.54, 1.807) is 11.6 Å². The third-order valence-electron chi connectivity index (χ3n) is 1.87. The van der Waals surface area contributed by atoms with Crippen molar-refractivity contribution in [3.8, 4) is 0 Å². The highest BCUT2D eigenvalue weighted by atomic mass is 16.6. The first-order valence-corrected chi connectivity index (χ1v) is 4.79. The van der Waals surface area contributed by atoms with Crippen LogP contribution in [0.5, 0.6) is 0 Å². The van der Waals surface area contributed by atoms with Crippen molar-refractivity contribution < 1.29 is 9.53 Å². The van der Waals surface area contributed by atoms with E-state index < -0.39 is 5.60 Å². The lowest BCUT2D eigenvalue weighted by molar-refractivity contribution is 0.00586. The van der Waals surface area contributed by atoms with E-state index in [1.807, 2.05) is 20.8 Å². The minimum Gasteiger partial charge on any atom is -0.455 e. The molecule has 5 heteroatoms. The minimum absolute atomic E-state index is 0.305. The molecule has 5 nitrogen and oxygen atoms in total. The molecule has 0 atom stereocenters. The maximum Gasteiger partial charge on any atom is 0.357 e. The van der Waals surface area contributed by atoms with Gasteiger partial charge in [-0.15, -0.1) is 0 Å². The molecule has 84 valence electrons. The maximum absolute atomic E-state index is 11.7.